The predicted molar refractivity (Wildman–Crippen MR) is 133 cm³/mol. The van der Waals surface area contributed by atoms with Crippen LogP contribution in [-0.4, -0.2) is 56.0 Å². The van der Waals surface area contributed by atoms with E-state index in [0.717, 1.165) is 54.9 Å². The van der Waals surface area contributed by atoms with E-state index in [9.17, 15) is 12.8 Å². The Balaban J connectivity index is 1.53. The van der Waals surface area contributed by atoms with Gasteiger partial charge >= 0.3 is 0 Å². The van der Waals surface area contributed by atoms with Crippen molar-refractivity contribution in [1.29, 1.82) is 0 Å². The largest absolute Gasteiger partial charge is 0.316 e. The third-order valence-corrected chi connectivity index (χ3v) is 7.68. The molecule has 1 N–H and O–H groups in total. The number of hydrogen-bond acceptors (Lipinski definition) is 4. The van der Waals surface area contributed by atoms with Crippen molar-refractivity contribution in [2.75, 3.05) is 37.9 Å². The van der Waals surface area contributed by atoms with Gasteiger partial charge < -0.3 is 9.47 Å². The second-order valence-corrected chi connectivity index (χ2v) is 10.4. The maximum Gasteiger partial charge on any atom is 0.261 e. The van der Waals surface area contributed by atoms with Crippen LogP contribution in [0.25, 0.3) is 16.6 Å². The highest BCUT2D eigenvalue weighted by Crippen LogP contribution is 2.30. The summed E-state index contributed by atoms with van der Waals surface area (Å²) in [5.41, 5.74) is 3.41. The molecular weight excluding hydrogens is 451 g/mol. The fraction of sp³-hybridized carbons (Fsp3) is 0.231. The molecule has 176 valence electrons. The van der Waals surface area contributed by atoms with Crippen LogP contribution in [0.5, 0.6) is 0 Å². The standard InChI is InChI=1S/C26H27FN4O2S/c1-29-13-15-30(16-14-29)18-20-19-31(23-10-7-21(27)8-11-23)26-12-9-22(17-25(20)26)28-34(32,33)24-5-3-2-4-6-24/h2-12,17,19,28H,13-16,18H2,1H3. The number of rotatable bonds is 6. The third-order valence-electron chi connectivity index (χ3n) is 6.29. The van der Waals surface area contributed by atoms with Crippen molar-refractivity contribution in [2.45, 2.75) is 11.4 Å². The smallest absolute Gasteiger partial charge is 0.261 e. The first-order valence-electron chi connectivity index (χ1n) is 11.3. The molecule has 4 aromatic rings. The number of likely N-dealkylation sites (N-methyl/N-ethyl adjacent to an activating group) is 1. The number of halogens is 1. The van der Waals surface area contributed by atoms with Gasteiger partial charge in [0.2, 0.25) is 0 Å². The molecule has 3 aromatic carbocycles. The Morgan fingerprint density at radius 3 is 2.32 bits per heavy atom. The monoisotopic (exact) mass is 478 g/mol. The number of fused-ring (bicyclic) bond motifs is 1. The molecule has 1 aliphatic rings. The molecule has 0 saturated carbocycles. The quantitative estimate of drug-likeness (QED) is 0.449. The molecule has 6 nitrogen and oxygen atoms in total. The van der Waals surface area contributed by atoms with Gasteiger partial charge in [-0.05, 0) is 67.2 Å². The number of nitrogens with one attached hydrogen (secondary N) is 1. The average molecular weight is 479 g/mol. The van der Waals surface area contributed by atoms with Crippen molar-refractivity contribution in [3.05, 3.63) is 90.4 Å². The molecular formula is C26H27FN4O2S. The van der Waals surface area contributed by atoms with E-state index in [1.807, 2.05) is 16.7 Å². The maximum absolute atomic E-state index is 13.5. The molecule has 1 saturated heterocycles. The lowest BCUT2D eigenvalue weighted by molar-refractivity contribution is 0.148. The Bertz CT molecular complexity index is 1390. The summed E-state index contributed by atoms with van der Waals surface area (Å²) >= 11 is 0. The molecule has 34 heavy (non-hydrogen) atoms. The number of piperazine rings is 1. The Morgan fingerprint density at radius 1 is 0.912 bits per heavy atom. The molecule has 1 aliphatic heterocycles. The van der Waals surface area contributed by atoms with Gasteiger partial charge in [0.15, 0.2) is 0 Å². The summed E-state index contributed by atoms with van der Waals surface area (Å²) < 4.78 is 44.0. The summed E-state index contributed by atoms with van der Waals surface area (Å²) in [4.78, 5) is 4.94. The second-order valence-electron chi connectivity index (χ2n) is 8.73. The van der Waals surface area contributed by atoms with Crippen LogP contribution in [0.4, 0.5) is 10.1 Å². The SMILES string of the molecule is CN1CCN(Cc2cn(-c3ccc(F)cc3)c3ccc(NS(=O)(=O)c4ccccc4)cc23)CC1. The van der Waals surface area contributed by atoms with Crippen molar-refractivity contribution >= 4 is 26.6 Å². The molecule has 0 radical (unpaired) electrons. The van der Waals surface area contributed by atoms with Gasteiger partial charge in [-0.3, -0.25) is 9.62 Å². The summed E-state index contributed by atoms with van der Waals surface area (Å²) in [6.07, 6.45) is 2.08. The van der Waals surface area contributed by atoms with Crippen molar-refractivity contribution in [1.82, 2.24) is 14.4 Å². The van der Waals surface area contributed by atoms with Gasteiger partial charge in [0.25, 0.3) is 10.0 Å². The van der Waals surface area contributed by atoms with Gasteiger partial charge in [0.05, 0.1) is 10.4 Å². The Hall–Kier alpha value is -3.20. The van der Waals surface area contributed by atoms with Gasteiger partial charge in [-0.2, -0.15) is 0 Å². The topological polar surface area (TPSA) is 57.6 Å². The van der Waals surface area contributed by atoms with Crippen molar-refractivity contribution in [2.24, 2.45) is 0 Å². The fourth-order valence-corrected chi connectivity index (χ4v) is 5.43. The van der Waals surface area contributed by atoms with Crippen LogP contribution in [0, 0.1) is 5.82 Å². The molecule has 8 heteroatoms. The van der Waals surface area contributed by atoms with E-state index in [2.05, 4.69) is 27.8 Å². The van der Waals surface area contributed by atoms with E-state index >= 15 is 0 Å². The lowest BCUT2D eigenvalue weighted by atomic mass is 10.1. The highest BCUT2D eigenvalue weighted by Gasteiger charge is 2.19. The van der Waals surface area contributed by atoms with E-state index < -0.39 is 10.0 Å². The Labute approximate surface area is 199 Å². The number of benzene rings is 3. The van der Waals surface area contributed by atoms with E-state index in [1.165, 1.54) is 12.1 Å². The zero-order valence-electron chi connectivity index (χ0n) is 19.0. The van der Waals surface area contributed by atoms with E-state index in [4.69, 9.17) is 0 Å². The molecule has 1 aromatic heterocycles. The van der Waals surface area contributed by atoms with Gasteiger partial charge in [-0.15, -0.1) is 0 Å². The van der Waals surface area contributed by atoms with E-state index in [1.54, 1.807) is 48.5 Å². The summed E-state index contributed by atoms with van der Waals surface area (Å²) in [6.45, 7) is 4.73. The van der Waals surface area contributed by atoms with Crippen LogP contribution in [0.15, 0.2) is 83.9 Å². The minimum Gasteiger partial charge on any atom is -0.316 e. The normalized spacial score (nSPS) is 15.6. The highest BCUT2D eigenvalue weighted by molar-refractivity contribution is 7.92. The van der Waals surface area contributed by atoms with Crippen LogP contribution in [0.1, 0.15) is 5.56 Å². The predicted octanol–water partition coefficient (Wildman–Crippen LogP) is 4.32. The number of hydrogen-bond donors (Lipinski definition) is 1. The van der Waals surface area contributed by atoms with E-state index in [-0.39, 0.29) is 10.7 Å². The fourth-order valence-electron chi connectivity index (χ4n) is 4.36. The van der Waals surface area contributed by atoms with Gasteiger partial charge in [0.1, 0.15) is 5.82 Å². The zero-order valence-corrected chi connectivity index (χ0v) is 19.8. The molecule has 0 atom stereocenters. The summed E-state index contributed by atoms with van der Waals surface area (Å²) in [5, 5.41) is 0.969. The maximum atomic E-state index is 13.5. The molecule has 0 amide bonds. The summed E-state index contributed by atoms with van der Waals surface area (Å²) in [7, 11) is -1.56. The average Bonchev–Trinajstić information content (AvgIpc) is 3.19. The number of sulfonamides is 1. The van der Waals surface area contributed by atoms with Crippen LogP contribution >= 0.6 is 0 Å². The first-order valence-corrected chi connectivity index (χ1v) is 12.8. The van der Waals surface area contributed by atoms with Crippen molar-refractivity contribution < 1.29 is 12.8 Å². The summed E-state index contributed by atoms with van der Waals surface area (Å²) in [5.74, 6) is -0.282. The first-order chi connectivity index (χ1) is 16.4. The molecule has 0 bridgehead atoms. The molecule has 2 heterocycles. The second kappa shape index (κ2) is 9.21. The van der Waals surface area contributed by atoms with Crippen molar-refractivity contribution in [3.8, 4) is 5.69 Å². The number of nitrogens with zero attached hydrogens (tertiary/aromatic N) is 3. The molecule has 1 fully saturated rings. The molecule has 0 unspecified atom stereocenters. The minimum atomic E-state index is -3.69. The Morgan fingerprint density at radius 2 is 1.62 bits per heavy atom. The summed E-state index contributed by atoms with van der Waals surface area (Å²) in [6, 6.07) is 20.3. The van der Waals surface area contributed by atoms with Gasteiger partial charge in [-0.25, -0.2) is 12.8 Å². The first kappa shape index (κ1) is 22.6. The molecule has 0 aliphatic carbocycles. The number of aromatic nitrogens is 1. The zero-order chi connectivity index (χ0) is 23.7. The lowest BCUT2D eigenvalue weighted by Gasteiger charge is -2.32. The van der Waals surface area contributed by atoms with Gasteiger partial charge in [0, 0.05) is 55.7 Å². The van der Waals surface area contributed by atoms with Crippen LogP contribution in [0.2, 0.25) is 0 Å². The lowest BCUT2D eigenvalue weighted by Crippen LogP contribution is -2.43. The Kier molecular flexibility index (Phi) is 6.12. The molecule has 0 spiro atoms. The van der Waals surface area contributed by atoms with Crippen LogP contribution in [0.3, 0.4) is 0 Å². The third kappa shape index (κ3) is 4.70. The van der Waals surface area contributed by atoms with Crippen molar-refractivity contribution in [3.63, 3.8) is 0 Å². The van der Waals surface area contributed by atoms with Gasteiger partial charge in [-0.1, -0.05) is 18.2 Å². The minimum absolute atomic E-state index is 0.219. The molecule has 5 rings (SSSR count). The van der Waals surface area contributed by atoms with Crippen LogP contribution < -0.4 is 4.72 Å². The van der Waals surface area contributed by atoms with Crippen LogP contribution in [-0.2, 0) is 16.6 Å². The van der Waals surface area contributed by atoms with E-state index in [0.29, 0.717) is 5.69 Å². The number of anilines is 1. The highest BCUT2D eigenvalue weighted by atomic mass is 32.2.